The first-order valence-corrected chi connectivity index (χ1v) is 6.31. The minimum absolute atomic E-state index is 0.0294. The van der Waals surface area contributed by atoms with Gasteiger partial charge in [-0.25, -0.2) is 9.82 Å². The van der Waals surface area contributed by atoms with Gasteiger partial charge in [0, 0.05) is 37.1 Å². The van der Waals surface area contributed by atoms with E-state index in [-0.39, 0.29) is 5.91 Å². The summed E-state index contributed by atoms with van der Waals surface area (Å²) in [5, 5.41) is 0. The van der Waals surface area contributed by atoms with Gasteiger partial charge >= 0.3 is 0 Å². The van der Waals surface area contributed by atoms with Gasteiger partial charge in [-0.3, -0.25) is 14.7 Å². The van der Waals surface area contributed by atoms with E-state index in [1.807, 2.05) is 13.0 Å². The number of hydrogen-bond acceptors (Lipinski definition) is 4. The molecule has 0 saturated heterocycles. The first-order valence-electron chi connectivity index (χ1n) is 6.31. The first kappa shape index (κ1) is 14.1. The van der Waals surface area contributed by atoms with E-state index in [2.05, 4.69) is 9.97 Å². The highest BCUT2D eigenvalue weighted by molar-refractivity contribution is 5.99. The quantitative estimate of drug-likeness (QED) is 0.834. The molecule has 0 fully saturated rings. The number of carbonyl (C=O) groups excluding carboxylic acids is 1. The molecule has 0 bridgehead atoms. The summed E-state index contributed by atoms with van der Waals surface area (Å²) in [6.07, 6.45) is 5.34. The molecule has 0 aliphatic carbocycles. The lowest BCUT2D eigenvalue weighted by Crippen LogP contribution is -2.75. The largest absolute Gasteiger partial charge is 0.274 e. The molecule has 104 valence electrons. The van der Waals surface area contributed by atoms with Crippen molar-refractivity contribution in [2.24, 2.45) is 0 Å². The molecule has 0 unspecified atom stereocenters. The lowest BCUT2D eigenvalue weighted by Gasteiger charge is -2.21. The van der Waals surface area contributed by atoms with Crippen LogP contribution in [0, 0.1) is 0 Å². The Morgan fingerprint density at radius 3 is 2.70 bits per heavy atom. The molecule has 0 aliphatic heterocycles. The highest BCUT2D eigenvalue weighted by Gasteiger charge is 2.18. The smallest absolute Gasteiger partial charge is 0.232 e. The van der Waals surface area contributed by atoms with Crippen LogP contribution in [-0.2, 0) is 9.63 Å². The van der Waals surface area contributed by atoms with E-state index < -0.39 is 0 Å². The number of pyridine rings is 2. The van der Waals surface area contributed by atoms with Gasteiger partial charge in [-0.2, -0.15) is 5.48 Å². The third-order valence-corrected chi connectivity index (χ3v) is 2.73. The molecule has 2 N–H and O–H groups in total. The summed E-state index contributed by atoms with van der Waals surface area (Å²) < 4.78 is 0. The number of anilines is 2. The number of nitrogens with zero attached hydrogens (tertiary/aromatic N) is 3. The zero-order chi connectivity index (χ0) is 14.4. The molecule has 0 saturated carbocycles. The van der Waals surface area contributed by atoms with Gasteiger partial charge in [0.15, 0.2) is 5.69 Å². The third kappa shape index (κ3) is 3.17. The predicted octanol–water partition coefficient (Wildman–Crippen LogP) is 1.31. The van der Waals surface area contributed by atoms with Crippen molar-refractivity contribution < 1.29 is 15.1 Å². The minimum atomic E-state index is -0.0294. The molecule has 2 aromatic heterocycles. The zero-order valence-corrected chi connectivity index (χ0v) is 11.5. The van der Waals surface area contributed by atoms with Crippen LogP contribution in [0.3, 0.4) is 0 Å². The molecule has 0 aliphatic rings. The normalized spacial score (nSPS) is 10.3. The second-order valence-corrected chi connectivity index (χ2v) is 4.09. The summed E-state index contributed by atoms with van der Waals surface area (Å²) in [5.41, 5.74) is 3.20. The molecule has 2 rings (SSSR count). The van der Waals surface area contributed by atoms with Gasteiger partial charge in [-0.15, -0.1) is 0 Å². The van der Waals surface area contributed by atoms with Gasteiger partial charge in [0.05, 0.1) is 12.8 Å². The average Bonchev–Trinajstić information content (AvgIpc) is 2.49. The van der Waals surface area contributed by atoms with Gasteiger partial charge in [0.2, 0.25) is 5.91 Å². The Hall–Kier alpha value is -2.31. The van der Waals surface area contributed by atoms with Crippen LogP contribution < -0.4 is 10.4 Å². The maximum atomic E-state index is 12.2. The lowest BCUT2D eigenvalue weighted by atomic mass is 10.3. The van der Waals surface area contributed by atoms with E-state index in [4.69, 9.17) is 4.84 Å². The van der Waals surface area contributed by atoms with Crippen LogP contribution in [-0.4, -0.2) is 23.0 Å². The fraction of sp³-hybridized carbons (Fsp3) is 0.214. The Balaban J connectivity index is 2.41. The highest BCUT2D eigenvalue weighted by atomic mass is 16.6. The molecule has 20 heavy (non-hydrogen) atoms. The van der Waals surface area contributed by atoms with E-state index in [1.165, 1.54) is 0 Å². The second-order valence-electron chi connectivity index (χ2n) is 4.09. The van der Waals surface area contributed by atoms with Crippen LogP contribution in [0.15, 0.2) is 42.9 Å². The Bertz CT molecular complexity index is 574. The number of amides is 1. The fourth-order valence-corrected chi connectivity index (χ4v) is 1.82. The fourth-order valence-electron chi connectivity index (χ4n) is 1.82. The van der Waals surface area contributed by atoms with Crippen molar-refractivity contribution in [3.63, 3.8) is 0 Å². The summed E-state index contributed by atoms with van der Waals surface area (Å²) >= 11 is 0. The topological polar surface area (TPSA) is 71.9 Å². The third-order valence-electron chi connectivity index (χ3n) is 2.73. The number of aromatic nitrogens is 2. The Morgan fingerprint density at radius 2 is 2.05 bits per heavy atom. The van der Waals surface area contributed by atoms with Crippen molar-refractivity contribution in [3.05, 3.63) is 42.9 Å². The van der Waals surface area contributed by atoms with Crippen molar-refractivity contribution in [1.82, 2.24) is 9.97 Å². The second kappa shape index (κ2) is 6.74. The Morgan fingerprint density at radius 1 is 1.30 bits per heavy atom. The molecule has 0 radical (unpaired) electrons. The zero-order valence-electron chi connectivity index (χ0n) is 11.5. The Labute approximate surface area is 117 Å². The van der Waals surface area contributed by atoms with Gasteiger partial charge in [0.1, 0.15) is 5.82 Å². The molecular formula is C14H17N4O2+. The number of nitrogens with two attached hydrogens (primary N) is 1. The number of carbonyl (C=O) groups is 1. The number of quaternary nitrogens is 1. The first-order chi connectivity index (χ1) is 9.76. The van der Waals surface area contributed by atoms with Gasteiger partial charge in [-0.05, 0) is 12.1 Å². The molecule has 0 atom stereocenters. The minimum Gasteiger partial charge on any atom is -0.274 e. The number of hydrogen-bond donors (Lipinski definition) is 1. The molecule has 0 aromatic carbocycles. The van der Waals surface area contributed by atoms with Crippen LogP contribution in [0.5, 0.6) is 0 Å². The lowest BCUT2D eigenvalue weighted by molar-refractivity contribution is -0.830. The molecule has 2 aromatic rings. The van der Waals surface area contributed by atoms with E-state index in [0.29, 0.717) is 12.2 Å². The van der Waals surface area contributed by atoms with Crippen molar-refractivity contribution >= 4 is 23.1 Å². The Kier molecular flexibility index (Phi) is 4.75. The molecule has 2 heterocycles. The molecule has 1 amide bonds. The van der Waals surface area contributed by atoms with Crippen molar-refractivity contribution in [3.8, 4) is 0 Å². The van der Waals surface area contributed by atoms with E-state index in [0.717, 1.165) is 11.4 Å². The summed E-state index contributed by atoms with van der Waals surface area (Å²) in [6.45, 7) is 1.82. The van der Waals surface area contributed by atoms with Gasteiger partial charge < -0.3 is 0 Å². The van der Waals surface area contributed by atoms with Crippen LogP contribution in [0.1, 0.15) is 13.3 Å². The van der Waals surface area contributed by atoms with Crippen LogP contribution in [0.25, 0.3) is 0 Å². The molecule has 0 spiro atoms. The maximum absolute atomic E-state index is 12.2. The average molecular weight is 273 g/mol. The summed E-state index contributed by atoms with van der Waals surface area (Å²) in [6, 6.07) is 7.18. The van der Waals surface area contributed by atoms with E-state index >= 15 is 0 Å². The van der Waals surface area contributed by atoms with Crippen molar-refractivity contribution in [2.75, 3.05) is 12.0 Å². The van der Waals surface area contributed by atoms with Crippen molar-refractivity contribution in [1.29, 1.82) is 0 Å². The van der Waals surface area contributed by atoms with E-state index in [9.17, 15) is 4.79 Å². The predicted molar refractivity (Wildman–Crippen MR) is 74.5 cm³/mol. The molecular weight excluding hydrogens is 256 g/mol. The maximum Gasteiger partial charge on any atom is 0.232 e. The summed E-state index contributed by atoms with van der Waals surface area (Å²) in [7, 11) is 1.58. The van der Waals surface area contributed by atoms with Crippen LogP contribution in [0.4, 0.5) is 17.2 Å². The SMILES string of the molecule is CCC(=O)N(c1ccncc1)c1cc([NH2+]OC)ccn1. The summed E-state index contributed by atoms with van der Waals surface area (Å²) in [4.78, 5) is 27.0. The van der Waals surface area contributed by atoms with Crippen LogP contribution >= 0.6 is 0 Å². The van der Waals surface area contributed by atoms with E-state index in [1.54, 1.807) is 54.3 Å². The summed E-state index contributed by atoms with van der Waals surface area (Å²) in [5.74, 6) is 0.534. The van der Waals surface area contributed by atoms with Crippen molar-refractivity contribution in [2.45, 2.75) is 13.3 Å². The highest BCUT2D eigenvalue weighted by Crippen LogP contribution is 2.24. The molecule has 6 nitrogen and oxygen atoms in total. The molecule has 6 heteroatoms. The number of rotatable bonds is 5. The monoisotopic (exact) mass is 273 g/mol. The van der Waals surface area contributed by atoms with Crippen LogP contribution in [0.2, 0.25) is 0 Å². The van der Waals surface area contributed by atoms with Gasteiger partial charge in [-0.1, -0.05) is 6.92 Å². The standard InChI is InChI=1S/C14H16N4O2/c1-3-14(19)18(12-5-7-15-8-6-12)13-10-11(17-20-2)4-9-16-13/h4-10H,3H2,1-2H3,(H,16,17)/p+1. The van der Waals surface area contributed by atoms with Gasteiger partial charge in [0.25, 0.3) is 0 Å².